The van der Waals surface area contributed by atoms with Crippen molar-refractivity contribution in [1.82, 2.24) is 9.97 Å². The topological polar surface area (TPSA) is 81.3 Å². The largest absolute Gasteiger partial charge is 0.497 e. The zero-order chi connectivity index (χ0) is 18.0. The fraction of sp³-hybridized carbons (Fsp3) is 0.167. The number of carbonyl (C=O) groups excluding carboxylic acids is 1. The first-order valence-electron chi connectivity index (χ1n) is 7.53. The average molecular weight is 342 g/mol. The van der Waals surface area contributed by atoms with E-state index in [4.69, 9.17) is 9.47 Å². The molecular formula is C18H15FN2O4. The molecule has 0 spiro atoms. The average Bonchev–Trinajstić information content (AvgIpc) is 2.61. The van der Waals surface area contributed by atoms with Crippen molar-refractivity contribution < 1.29 is 18.7 Å². The molecule has 0 aliphatic heterocycles. The third-order valence-corrected chi connectivity index (χ3v) is 3.70. The second kappa shape index (κ2) is 6.72. The summed E-state index contributed by atoms with van der Waals surface area (Å²) >= 11 is 0. The number of nitrogens with one attached hydrogen (secondary N) is 1. The predicted octanol–water partition coefficient (Wildman–Crippen LogP) is 2.99. The Kier molecular flexibility index (Phi) is 4.47. The number of hydrogen-bond acceptors (Lipinski definition) is 5. The van der Waals surface area contributed by atoms with Crippen molar-refractivity contribution in [3.05, 3.63) is 70.0 Å². The van der Waals surface area contributed by atoms with E-state index in [-0.39, 0.29) is 16.9 Å². The number of H-pyrrole nitrogens is 1. The molecule has 0 radical (unpaired) electrons. The number of fused-ring (bicyclic) bond motifs is 1. The summed E-state index contributed by atoms with van der Waals surface area (Å²) in [6, 6.07) is 10.6. The van der Waals surface area contributed by atoms with Crippen molar-refractivity contribution in [2.75, 3.05) is 7.11 Å². The third-order valence-electron chi connectivity index (χ3n) is 3.70. The first-order valence-corrected chi connectivity index (χ1v) is 7.53. The maximum absolute atomic E-state index is 14.0. The summed E-state index contributed by atoms with van der Waals surface area (Å²) in [6.45, 7) is 1.55. The molecule has 1 heterocycles. The zero-order valence-electron chi connectivity index (χ0n) is 13.6. The molecule has 0 aliphatic rings. The molecule has 0 bridgehead atoms. The zero-order valence-corrected chi connectivity index (χ0v) is 13.6. The van der Waals surface area contributed by atoms with E-state index < -0.39 is 17.9 Å². The molecule has 0 amide bonds. The van der Waals surface area contributed by atoms with E-state index in [1.165, 1.54) is 19.2 Å². The van der Waals surface area contributed by atoms with Gasteiger partial charge in [-0.05, 0) is 31.2 Å². The summed E-state index contributed by atoms with van der Waals surface area (Å²) in [5.41, 5.74) is -0.0744. The summed E-state index contributed by atoms with van der Waals surface area (Å²) in [4.78, 5) is 31.1. The van der Waals surface area contributed by atoms with Crippen molar-refractivity contribution in [1.29, 1.82) is 0 Å². The normalized spacial score (nSPS) is 12.0. The SMILES string of the molecule is COc1ccc(C(=O)O[C@@H](C)c2nc3ccccc3c(=O)[nH]2)c(F)c1. The summed E-state index contributed by atoms with van der Waals surface area (Å²) in [5, 5.41) is 0.436. The number of ether oxygens (including phenoxy) is 2. The van der Waals surface area contributed by atoms with Gasteiger partial charge in [-0.2, -0.15) is 0 Å². The predicted molar refractivity (Wildman–Crippen MR) is 89.1 cm³/mol. The number of esters is 1. The number of nitrogens with zero attached hydrogens (tertiary/aromatic N) is 1. The number of benzene rings is 2. The van der Waals surface area contributed by atoms with Gasteiger partial charge in [0.15, 0.2) is 11.9 Å². The number of aromatic amines is 1. The van der Waals surface area contributed by atoms with Crippen molar-refractivity contribution in [3.8, 4) is 5.75 Å². The van der Waals surface area contributed by atoms with Gasteiger partial charge in [0.05, 0.1) is 23.6 Å². The maximum atomic E-state index is 14.0. The lowest BCUT2D eigenvalue weighted by atomic mass is 10.2. The van der Waals surface area contributed by atoms with Crippen LogP contribution < -0.4 is 10.3 Å². The molecule has 3 aromatic rings. The highest BCUT2D eigenvalue weighted by Gasteiger charge is 2.20. The van der Waals surface area contributed by atoms with Crippen molar-refractivity contribution in [3.63, 3.8) is 0 Å². The van der Waals surface area contributed by atoms with Crippen LogP contribution in [0.25, 0.3) is 10.9 Å². The van der Waals surface area contributed by atoms with Gasteiger partial charge in [-0.25, -0.2) is 14.2 Å². The van der Waals surface area contributed by atoms with Gasteiger partial charge in [0.1, 0.15) is 11.6 Å². The molecule has 0 unspecified atom stereocenters. The molecule has 25 heavy (non-hydrogen) atoms. The molecule has 7 heteroatoms. The number of aromatic nitrogens is 2. The monoisotopic (exact) mass is 342 g/mol. The number of rotatable bonds is 4. The van der Waals surface area contributed by atoms with Gasteiger partial charge in [0.2, 0.25) is 0 Å². The Morgan fingerprint density at radius 2 is 2.00 bits per heavy atom. The van der Waals surface area contributed by atoms with Crippen LogP contribution in [0.1, 0.15) is 29.2 Å². The molecule has 6 nitrogen and oxygen atoms in total. The number of para-hydroxylation sites is 1. The minimum atomic E-state index is -0.858. The lowest BCUT2D eigenvalue weighted by Gasteiger charge is -2.13. The van der Waals surface area contributed by atoms with Gasteiger partial charge < -0.3 is 14.5 Å². The van der Waals surface area contributed by atoms with Crippen molar-refractivity contribution >= 4 is 16.9 Å². The highest BCUT2D eigenvalue weighted by atomic mass is 19.1. The fourth-order valence-electron chi connectivity index (χ4n) is 2.37. The molecule has 0 fully saturated rings. The van der Waals surface area contributed by atoms with E-state index in [1.54, 1.807) is 31.2 Å². The maximum Gasteiger partial charge on any atom is 0.341 e. The summed E-state index contributed by atoms with van der Waals surface area (Å²) in [7, 11) is 1.40. The highest BCUT2D eigenvalue weighted by molar-refractivity contribution is 5.90. The minimum Gasteiger partial charge on any atom is -0.497 e. The summed E-state index contributed by atoms with van der Waals surface area (Å²) < 4.78 is 24.1. The van der Waals surface area contributed by atoms with Gasteiger partial charge in [0.25, 0.3) is 5.56 Å². The molecule has 0 saturated heterocycles. The Morgan fingerprint density at radius 3 is 2.72 bits per heavy atom. The second-order valence-electron chi connectivity index (χ2n) is 5.36. The number of carbonyl (C=O) groups is 1. The number of hydrogen-bond donors (Lipinski definition) is 1. The quantitative estimate of drug-likeness (QED) is 0.737. The van der Waals surface area contributed by atoms with Crippen LogP contribution >= 0.6 is 0 Å². The van der Waals surface area contributed by atoms with Crippen LogP contribution in [0.2, 0.25) is 0 Å². The molecule has 2 aromatic carbocycles. The van der Waals surface area contributed by atoms with Gasteiger partial charge in [-0.3, -0.25) is 4.79 Å². The van der Waals surface area contributed by atoms with E-state index >= 15 is 0 Å². The van der Waals surface area contributed by atoms with E-state index in [0.717, 1.165) is 6.07 Å². The van der Waals surface area contributed by atoms with E-state index in [2.05, 4.69) is 9.97 Å². The lowest BCUT2D eigenvalue weighted by molar-refractivity contribution is 0.0314. The van der Waals surface area contributed by atoms with E-state index in [9.17, 15) is 14.0 Å². The number of halogens is 1. The van der Waals surface area contributed by atoms with Crippen LogP contribution in [0.5, 0.6) is 5.75 Å². The highest BCUT2D eigenvalue weighted by Crippen LogP contribution is 2.20. The van der Waals surface area contributed by atoms with Crippen LogP contribution in [-0.2, 0) is 4.74 Å². The fourth-order valence-corrected chi connectivity index (χ4v) is 2.37. The standard InChI is InChI=1S/C18H15FN2O4/c1-10(16-20-15-6-4-3-5-13(15)17(22)21-16)25-18(23)12-8-7-11(24-2)9-14(12)19/h3-10H,1-2H3,(H,20,21,22)/t10-/m0/s1. The Hall–Kier alpha value is -3.22. The van der Waals surface area contributed by atoms with Crippen LogP contribution in [0.4, 0.5) is 4.39 Å². The van der Waals surface area contributed by atoms with Gasteiger partial charge in [-0.15, -0.1) is 0 Å². The van der Waals surface area contributed by atoms with Crippen LogP contribution in [0.3, 0.4) is 0 Å². The first-order chi connectivity index (χ1) is 12.0. The summed E-state index contributed by atoms with van der Waals surface area (Å²) in [5.74, 6) is -1.13. The molecule has 0 saturated carbocycles. The molecular weight excluding hydrogens is 327 g/mol. The molecule has 1 N–H and O–H groups in total. The lowest BCUT2D eigenvalue weighted by Crippen LogP contribution is -2.18. The van der Waals surface area contributed by atoms with Gasteiger partial charge >= 0.3 is 5.97 Å². The molecule has 1 aromatic heterocycles. The third kappa shape index (κ3) is 3.35. The second-order valence-corrected chi connectivity index (χ2v) is 5.36. The number of methoxy groups -OCH3 is 1. The molecule has 128 valence electrons. The van der Waals surface area contributed by atoms with Crippen LogP contribution in [0, 0.1) is 5.82 Å². The summed E-state index contributed by atoms with van der Waals surface area (Å²) in [6.07, 6.45) is -0.855. The van der Waals surface area contributed by atoms with E-state index in [0.29, 0.717) is 16.7 Å². The van der Waals surface area contributed by atoms with Gasteiger partial charge in [0, 0.05) is 6.07 Å². The molecule has 3 rings (SSSR count). The molecule has 0 aliphatic carbocycles. The van der Waals surface area contributed by atoms with Crippen LogP contribution in [-0.4, -0.2) is 23.0 Å². The first kappa shape index (κ1) is 16.6. The van der Waals surface area contributed by atoms with Gasteiger partial charge in [-0.1, -0.05) is 12.1 Å². The van der Waals surface area contributed by atoms with E-state index in [1.807, 2.05) is 0 Å². The van der Waals surface area contributed by atoms with Crippen molar-refractivity contribution in [2.45, 2.75) is 13.0 Å². The molecule has 1 atom stereocenters. The Morgan fingerprint density at radius 1 is 1.24 bits per heavy atom. The smallest absolute Gasteiger partial charge is 0.341 e. The Labute approximate surface area is 142 Å². The Balaban J connectivity index is 1.86. The minimum absolute atomic E-state index is 0.186. The van der Waals surface area contributed by atoms with Crippen molar-refractivity contribution in [2.24, 2.45) is 0 Å². The van der Waals surface area contributed by atoms with Crippen LogP contribution in [0.15, 0.2) is 47.3 Å². The Bertz CT molecular complexity index is 1000.